The van der Waals surface area contributed by atoms with Gasteiger partial charge in [-0.1, -0.05) is 0 Å². The van der Waals surface area contributed by atoms with E-state index in [-0.39, 0.29) is 21.1 Å². The Balaban J connectivity index is 0. The second-order valence-corrected chi connectivity index (χ2v) is 4.26. The molecule has 0 aliphatic heterocycles. The van der Waals surface area contributed by atoms with Gasteiger partial charge in [-0.3, -0.25) is 4.55 Å². The molecule has 2 aliphatic rings. The van der Waals surface area contributed by atoms with Crippen molar-refractivity contribution >= 4 is 10.1 Å². The molecule has 2 rings (SSSR count). The largest absolute Gasteiger partial charge is 2.00 e. The molecule has 2 fully saturated rings. The SMILES string of the molecule is O=S(=O)(O)C(F)(F)F.[CH]1[CH][CH][CH][CH]1.[CH]1[CH][CH][CH][CH]1.[Mo+2]. The monoisotopic (exact) mass is 378 g/mol. The Morgan fingerprint density at radius 3 is 0.842 bits per heavy atom. The Morgan fingerprint density at radius 2 is 0.789 bits per heavy atom. The van der Waals surface area contributed by atoms with E-state index >= 15 is 0 Å². The van der Waals surface area contributed by atoms with Gasteiger partial charge in [0.25, 0.3) is 0 Å². The number of alkyl halides is 3. The van der Waals surface area contributed by atoms with Crippen LogP contribution in [0.25, 0.3) is 0 Å². The summed E-state index contributed by atoms with van der Waals surface area (Å²) in [5.74, 6) is 0. The van der Waals surface area contributed by atoms with E-state index in [1.54, 1.807) is 0 Å². The van der Waals surface area contributed by atoms with Crippen LogP contribution in [0.2, 0.25) is 0 Å². The van der Waals surface area contributed by atoms with Gasteiger partial charge in [-0.25, -0.2) is 0 Å². The first-order chi connectivity index (χ1) is 8.25. The van der Waals surface area contributed by atoms with Gasteiger partial charge in [0.2, 0.25) is 0 Å². The van der Waals surface area contributed by atoms with Crippen molar-refractivity contribution in [3.63, 3.8) is 0 Å². The topological polar surface area (TPSA) is 54.4 Å². The average Bonchev–Trinajstić information content (AvgIpc) is 2.95. The molecule has 0 saturated heterocycles. The van der Waals surface area contributed by atoms with Gasteiger partial charge >= 0.3 is 36.7 Å². The molecule has 2 saturated carbocycles. The molecule has 10 radical (unpaired) electrons. The van der Waals surface area contributed by atoms with Gasteiger partial charge in [0.1, 0.15) is 0 Å². The van der Waals surface area contributed by atoms with Crippen LogP contribution in [0.3, 0.4) is 0 Å². The molecule has 0 unspecified atom stereocenters. The van der Waals surface area contributed by atoms with Crippen molar-refractivity contribution < 1.29 is 47.2 Å². The van der Waals surface area contributed by atoms with Crippen LogP contribution in [0.5, 0.6) is 0 Å². The van der Waals surface area contributed by atoms with E-state index in [2.05, 4.69) is 0 Å². The molecular weight excluding hydrogens is 365 g/mol. The van der Waals surface area contributed by atoms with Crippen LogP contribution >= 0.6 is 0 Å². The van der Waals surface area contributed by atoms with Gasteiger partial charge in [-0.05, 0) is 64.2 Å². The van der Waals surface area contributed by atoms with Crippen LogP contribution in [0, 0.1) is 64.2 Å². The standard InChI is InChI=1S/2C5H5.CHF3O3S.Mo/c2*1-2-4-5-3-1;2-1(3,4)8(5,6)7;/h2*1-5H;(H,5,6,7);/q;;;+2. The summed E-state index contributed by atoms with van der Waals surface area (Å²) in [6.07, 6.45) is 20.0. The van der Waals surface area contributed by atoms with Crippen LogP contribution in [0.15, 0.2) is 0 Å². The molecule has 19 heavy (non-hydrogen) atoms. The van der Waals surface area contributed by atoms with Gasteiger partial charge in [-0.15, -0.1) is 0 Å². The number of halogens is 3. The second-order valence-electron chi connectivity index (χ2n) is 2.85. The van der Waals surface area contributed by atoms with Gasteiger partial charge in [-0.2, -0.15) is 21.6 Å². The van der Waals surface area contributed by atoms with E-state index in [0.717, 1.165) is 0 Å². The fourth-order valence-electron chi connectivity index (χ4n) is 0.642. The van der Waals surface area contributed by atoms with E-state index in [9.17, 15) is 13.2 Å². The first kappa shape index (κ1) is 21.7. The molecule has 8 heteroatoms. The first-order valence-corrected chi connectivity index (χ1v) is 6.06. The van der Waals surface area contributed by atoms with E-state index < -0.39 is 15.6 Å². The molecule has 1 N–H and O–H groups in total. The zero-order chi connectivity index (χ0) is 14.1. The Kier molecular flexibility index (Phi) is 12.7. The maximum absolute atomic E-state index is 10.7. The van der Waals surface area contributed by atoms with Crippen molar-refractivity contribution in [1.82, 2.24) is 0 Å². The Hall–Kier alpha value is 0.388. The summed E-state index contributed by atoms with van der Waals surface area (Å²) in [6.45, 7) is 0. The third kappa shape index (κ3) is 13.1. The predicted molar refractivity (Wildman–Crippen MR) is 60.6 cm³/mol. The van der Waals surface area contributed by atoms with Gasteiger partial charge in [0.05, 0.1) is 0 Å². The van der Waals surface area contributed by atoms with E-state index in [1.165, 1.54) is 0 Å². The van der Waals surface area contributed by atoms with E-state index in [4.69, 9.17) is 13.0 Å². The van der Waals surface area contributed by atoms with Crippen molar-refractivity contribution in [1.29, 1.82) is 0 Å². The summed E-state index contributed by atoms with van der Waals surface area (Å²) in [5.41, 5.74) is -5.53. The molecule has 3 nitrogen and oxygen atoms in total. The average molecular weight is 376 g/mol. The fourth-order valence-corrected chi connectivity index (χ4v) is 0.642. The third-order valence-corrected chi connectivity index (χ3v) is 1.99. The fraction of sp³-hybridized carbons (Fsp3) is 0.0909. The zero-order valence-electron chi connectivity index (χ0n) is 9.49. The van der Waals surface area contributed by atoms with E-state index in [0.29, 0.717) is 0 Å². The summed E-state index contributed by atoms with van der Waals surface area (Å²) >= 11 is 0. The zero-order valence-corrected chi connectivity index (χ0v) is 12.3. The summed E-state index contributed by atoms with van der Waals surface area (Å²) in [5, 5.41) is 0. The Bertz CT molecular complexity index is 272. The quantitative estimate of drug-likeness (QED) is 0.402. The first-order valence-electron chi connectivity index (χ1n) is 4.62. The summed E-state index contributed by atoms with van der Waals surface area (Å²) in [6, 6.07) is 0. The molecule has 2 aliphatic carbocycles. The van der Waals surface area contributed by atoms with Crippen molar-refractivity contribution in [2.45, 2.75) is 5.51 Å². The summed E-state index contributed by atoms with van der Waals surface area (Å²) in [4.78, 5) is 0. The Morgan fingerprint density at radius 1 is 0.684 bits per heavy atom. The van der Waals surface area contributed by atoms with Crippen LogP contribution in [-0.4, -0.2) is 18.5 Å². The minimum atomic E-state index is -5.84. The third-order valence-electron chi connectivity index (χ3n) is 1.40. The number of hydrogen-bond donors (Lipinski definition) is 1. The predicted octanol–water partition coefficient (Wildman–Crippen LogP) is 2.43. The molecule has 0 aromatic carbocycles. The molecule has 0 heterocycles. The molecule has 0 atom stereocenters. The summed E-state index contributed by atoms with van der Waals surface area (Å²) in [7, 11) is -5.84. The second kappa shape index (κ2) is 11.1. The van der Waals surface area contributed by atoms with Crippen molar-refractivity contribution in [3.8, 4) is 0 Å². The normalized spacial score (nSPS) is 18.5. The van der Waals surface area contributed by atoms with Crippen molar-refractivity contribution in [3.05, 3.63) is 64.2 Å². The molecule has 0 spiro atoms. The smallest absolute Gasteiger partial charge is 0.279 e. The molecule has 104 valence electrons. The molecule has 0 aromatic rings. The van der Waals surface area contributed by atoms with Crippen molar-refractivity contribution in [2.24, 2.45) is 0 Å². The molecular formula is C11H11F3MoO3S+2. The minimum Gasteiger partial charge on any atom is -0.279 e. The molecule has 0 aromatic heterocycles. The van der Waals surface area contributed by atoms with E-state index in [1.807, 2.05) is 64.2 Å². The summed E-state index contributed by atoms with van der Waals surface area (Å²) < 4.78 is 57.5. The van der Waals surface area contributed by atoms with Gasteiger partial charge in [0, 0.05) is 0 Å². The van der Waals surface area contributed by atoms with Gasteiger partial charge < -0.3 is 0 Å². The number of hydrogen-bond acceptors (Lipinski definition) is 2. The molecule has 0 bridgehead atoms. The Labute approximate surface area is 127 Å². The van der Waals surface area contributed by atoms with Crippen molar-refractivity contribution in [2.75, 3.05) is 0 Å². The van der Waals surface area contributed by atoms with Gasteiger partial charge in [0.15, 0.2) is 0 Å². The number of rotatable bonds is 0. The minimum absolute atomic E-state index is 0. The van der Waals surface area contributed by atoms with Crippen LogP contribution in [0.4, 0.5) is 13.2 Å². The van der Waals surface area contributed by atoms with Crippen LogP contribution < -0.4 is 0 Å². The maximum atomic E-state index is 10.7. The van der Waals surface area contributed by atoms with Crippen LogP contribution in [0.1, 0.15) is 0 Å². The molecule has 0 amide bonds. The maximum Gasteiger partial charge on any atom is 2.00 e. The van der Waals surface area contributed by atoms with Crippen LogP contribution in [-0.2, 0) is 31.2 Å².